The van der Waals surface area contributed by atoms with Gasteiger partial charge < -0.3 is 10.0 Å². The van der Waals surface area contributed by atoms with E-state index >= 15 is 0 Å². The van der Waals surface area contributed by atoms with Gasteiger partial charge in [0.25, 0.3) is 11.6 Å². The Kier molecular flexibility index (Phi) is 4.50. The van der Waals surface area contributed by atoms with Gasteiger partial charge >= 0.3 is 12.1 Å². The Balaban J connectivity index is 2.33. The summed E-state index contributed by atoms with van der Waals surface area (Å²) in [5, 5.41) is 19.9. The second-order valence-electron chi connectivity index (χ2n) is 5.51. The number of carbonyl (C=O) groups is 2. The zero-order valence-electron chi connectivity index (χ0n) is 12.4. The summed E-state index contributed by atoms with van der Waals surface area (Å²) in [5.74, 6) is -6.41. The molecule has 1 aromatic rings. The molecule has 0 spiro atoms. The average Bonchev–Trinajstić information content (AvgIpc) is 2.92. The van der Waals surface area contributed by atoms with Crippen LogP contribution >= 0.6 is 0 Å². The number of halogens is 3. The minimum Gasteiger partial charge on any atom is -0.481 e. The molecular formula is C14H13F3N2O5. The minimum absolute atomic E-state index is 0.0230. The van der Waals surface area contributed by atoms with Crippen molar-refractivity contribution >= 4 is 17.6 Å². The van der Waals surface area contributed by atoms with Gasteiger partial charge in [-0.2, -0.15) is 13.2 Å². The van der Waals surface area contributed by atoms with Crippen molar-refractivity contribution in [2.45, 2.75) is 13.1 Å². The Hall–Kier alpha value is -2.65. The topological polar surface area (TPSA) is 101 Å². The van der Waals surface area contributed by atoms with Crippen molar-refractivity contribution < 1.29 is 32.8 Å². The predicted octanol–water partition coefficient (Wildman–Crippen LogP) is 2.24. The van der Waals surface area contributed by atoms with Crippen LogP contribution in [0.25, 0.3) is 0 Å². The lowest BCUT2D eigenvalue weighted by Gasteiger charge is -2.19. The lowest BCUT2D eigenvalue weighted by Crippen LogP contribution is -2.34. The summed E-state index contributed by atoms with van der Waals surface area (Å²) in [4.78, 5) is 34.5. The molecule has 1 aliphatic heterocycles. The number of carboxylic acid groups (broad SMARTS) is 1. The van der Waals surface area contributed by atoms with Crippen molar-refractivity contribution in [1.29, 1.82) is 0 Å². The monoisotopic (exact) mass is 346 g/mol. The first-order valence-electron chi connectivity index (χ1n) is 6.86. The molecule has 1 heterocycles. The summed E-state index contributed by atoms with van der Waals surface area (Å²) >= 11 is 0. The number of likely N-dealkylation sites (tertiary alicyclic amines) is 1. The highest BCUT2D eigenvalue weighted by molar-refractivity contribution is 5.97. The molecule has 0 bridgehead atoms. The Labute approximate surface area is 133 Å². The van der Waals surface area contributed by atoms with E-state index < -0.39 is 47.9 Å². The number of aliphatic carboxylic acids is 1. The number of benzene rings is 1. The van der Waals surface area contributed by atoms with E-state index in [2.05, 4.69) is 0 Å². The number of hydrogen-bond donors (Lipinski definition) is 1. The van der Waals surface area contributed by atoms with Gasteiger partial charge in [-0.1, -0.05) is 6.07 Å². The van der Waals surface area contributed by atoms with Crippen LogP contribution in [-0.2, 0) is 4.79 Å². The van der Waals surface area contributed by atoms with Crippen molar-refractivity contribution in [1.82, 2.24) is 4.90 Å². The van der Waals surface area contributed by atoms with Crippen molar-refractivity contribution in [2.24, 2.45) is 11.8 Å². The van der Waals surface area contributed by atoms with Gasteiger partial charge in [-0.15, -0.1) is 0 Å². The Morgan fingerprint density at radius 3 is 2.42 bits per heavy atom. The van der Waals surface area contributed by atoms with Crippen molar-refractivity contribution in [3.63, 3.8) is 0 Å². The van der Waals surface area contributed by atoms with Crippen LogP contribution in [0.15, 0.2) is 18.2 Å². The molecule has 0 aliphatic carbocycles. The van der Waals surface area contributed by atoms with Gasteiger partial charge in [0.2, 0.25) is 0 Å². The first-order chi connectivity index (χ1) is 11.0. The molecule has 0 saturated carbocycles. The Morgan fingerprint density at radius 1 is 1.33 bits per heavy atom. The summed E-state index contributed by atoms with van der Waals surface area (Å²) in [7, 11) is 0. The zero-order chi connectivity index (χ0) is 18.2. The fourth-order valence-electron chi connectivity index (χ4n) is 2.77. The Bertz CT molecular complexity index is 704. The maximum Gasteiger partial charge on any atom is 0.394 e. The first-order valence-corrected chi connectivity index (χ1v) is 6.86. The van der Waals surface area contributed by atoms with E-state index in [9.17, 15) is 32.9 Å². The predicted molar refractivity (Wildman–Crippen MR) is 74.4 cm³/mol. The molecular weight excluding hydrogens is 333 g/mol. The van der Waals surface area contributed by atoms with Gasteiger partial charge in [0.1, 0.15) is 0 Å². The maximum atomic E-state index is 13.0. The molecule has 0 radical (unpaired) electrons. The highest BCUT2D eigenvalue weighted by Crippen LogP contribution is 2.38. The third-order valence-corrected chi connectivity index (χ3v) is 4.08. The highest BCUT2D eigenvalue weighted by Gasteiger charge is 2.53. The van der Waals surface area contributed by atoms with Crippen LogP contribution in [0, 0.1) is 28.9 Å². The van der Waals surface area contributed by atoms with Crippen LogP contribution in [-0.4, -0.2) is 46.1 Å². The van der Waals surface area contributed by atoms with E-state index in [0.717, 1.165) is 4.90 Å². The van der Waals surface area contributed by atoms with Gasteiger partial charge in [-0.3, -0.25) is 19.7 Å². The number of nitro benzene ring substituents is 1. The number of amides is 1. The molecule has 1 amide bonds. The van der Waals surface area contributed by atoms with Gasteiger partial charge in [0.05, 0.1) is 16.8 Å². The van der Waals surface area contributed by atoms with Crippen LogP contribution in [0.1, 0.15) is 15.9 Å². The molecule has 2 atom stereocenters. The summed E-state index contributed by atoms with van der Waals surface area (Å²) in [5.41, 5.74) is -0.423. The van der Waals surface area contributed by atoms with E-state index in [4.69, 9.17) is 5.11 Å². The number of rotatable bonds is 3. The number of hydrogen-bond acceptors (Lipinski definition) is 4. The van der Waals surface area contributed by atoms with Gasteiger partial charge in [0.15, 0.2) is 0 Å². The van der Waals surface area contributed by atoms with E-state index in [-0.39, 0.29) is 16.8 Å². The largest absolute Gasteiger partial charge is 0.481 e. The fourth-order valence-corrected chi connectivity index (χ4v) is 2.77. The number of carboxylic acids is 1. The van der Waals surface area contributed by atoms with E-state index in [0.29, 0.717) is 0 Å². The molecule has 0 aromatic heterocycles. The lowest BCUT2D eigenvalue weighted by atomic mass is 9.96. The van der Waals surface area contributed by atoms with Crippen LogP contribution in [0.5, 0.6) is 0 Å². The molecule has 7 nitrogen and oxygen atoms in total. The molecule has 1 saturated heterocycles. The lowest BCUT2D eigenvalue weighted by molar-refractivity contribution is -0.385. The van der Waals surface area contributed by atoms with E-state index in [1.807, 2.05) is 0 Å². The molecule has 24 heavy (non-hydrogen) atoms. The van der Waals surface area contributed by atoms with E-state index in [1.165, 1.54) is 25.1 Å². The zero-order valence-corrected chi connectivity index (χ0v) is 12.4. The molecule has 2 rings (SSSR count). The van der Waals surface area contributed by atoms with Crippen LogP contribution < -0.4 is 0 Å². The van der Waals surface area contributed by atoms with Crippen molar-refractivity contribution in [3.8, 4) is 0 Å². The quantitative estimate of drug-likeness (QED) is 0.668. The number of nitrogens with zero attached hydrogens (tertiary/aromatic N) is 2. The van der Waals surface area contributed by atoms with E-state index in [1.54, 1.807) is 0 Å². The average molecular weight is 346 g/mol. The molecule has 1 aromatic carbocycles. The summed E-state index contributed by atoms with van der Waals surface area (Å²) < 4.78 is 38.9. The fraction of sp³-hybridized carbons (Fsp3) is 0.429. The number of carbonyl (C=O) groups excluding carboxylic acids is 1. The first kappa shape index (κ1) is 17.7. The van der Waals surface area contributed by atoms with Crippen LogP contribution in [0.3, 0.4) is 0 Å². The van der Waals surface area contributed by atoms with Gasteiger partial charge in [-0.25, -0.2) is 0 Å². The van der Waals surface area contributed by atoms with Gasteiger partial charge in [0, 0.05) is 30.3 Å². The second kappa shape index (κ2) is 6.10. The Morgan fingerprint density at radius 2 is 1.96 bits per heavy atom. The van der Waals surface area contributed by atoms with Crippen molar-refractivity contribution in [2.75, 3.05) is 13.1 Å². The smallest absolute Gasteiger partial charge is 0.394 e. The summed E-state index contributed by atoms with van der Waals surface area (Å²) in [6.45, 7) is -0.0702. The summed E-state index contributed by atoms with van der Waals surface area (Å²) in [6, 6.07) is 3.69. The molecule has 1 fully saturated rings. The SMILES string of the molecule is Cc1c(C(=O)N2C[C@@H](C(F)(F)F)[C@H](C(=O)O)C2)cccc1[N+](=O)[O-]. The molecule has 1 aliphatic rings. The molecule has 10 heteroatoms. The van der Waals surface area contributed by atoms with Crippen molar-refractivity contribution in [3.05, 3.63) is 39.4 Å². The van der Waals surface area contributed by atoms with Crippen LogP contribution in [0.2, 0.25) is 0 Å². The summed E-state index contributed by atoms with van der Waals surface area (Å²) in [6.07, 6.45) is -4.75. The molecule has 130 valence electrons. The third-order valence-electron chi connectivity index (χ3n) is 4.08. The molecule has 0 unspecified atom stereocenters. The maximum absolute atomic E-state index is 13.0. The van der Waals surface area contributed by atoms with Gasteiger partial charge in [-0.05, 0) is 13.0 Å². The minimum atomic E-state index is -4.75. The number of alkyl halides is 3. The molecule has 1 N–H and O–H groups in total. The second-order valence-corrected chi connectivity index (χ2v) is 5.51. The normalized spacial score (nSPS) is 20.9. The highest BCUT2D eigenvalue weighted by atomic mass is 19.4. The third kappa shape index (κ3) is 3.17. The standard InChI is InChI=1S/C14H13F3N2O5/c1-7-8(3-2-4-11(7)19(23)24)12(20)18-5-9(13(21)22)10(6-18)14(15,16)17/h2-4,9-10H,5-6H2,1H3,(H,21,22)/t9-,10-/m1/s1. The van der Waals surface area contributed by atoms with Crippen LogP contribution in [0.4, 0.5) is 18.9 Å². The number of nitro groups is 1.